The van der Waals surface area contributed by atoms with Gasteiger partial charge in [-0.15, -0.1) is 23.1 Å². The Kier molecular flexibility index (Phi) is 8.66. The number of fused-ring (bicyclic) bond motifs is 1. The zero-order valence-electron chi connectivity index (χ0n) is 22.4. The van der Waals surface area contributed by atoms with E-state index in [0.717, 1.165) is 47.0 Å². The van der Waals surface area contributed by atoms with Gasteiger partial charge in [0, 0.05) is 40.7 Å². The number of nitrogens with one attached hydrogen (secondary N) is 2. The van der Waals surface area contributed by atoms with Gasteiger partial charge in [-0.2, -0.15) is 5.26 Å². The molecule has 0 saturated carbocycles. The molecule has 8 heteroatoms. The third-order valence-electron chi connectivity index (χ3n) is 6.79. The van der Waals surface area contributed by atoms with Crippen molar-refractivity contribution < 1.29 is 9.59 Å². The van der Waals surface area contributed by atoms with Gasteiger partial charge in [-0.25, -0.2) is 0 Å². The smallest absolute Gasteiger partial charge is 0.255 e. The third-order valence-corrected chi connectivity index (χ3v) is 9.01. The van der Waals surface area contributed by atoms with Crippen LogP contribution in [0.3, 0.4) is 0 Å². The quantitative estimate of drug-likeness (QED) is 0.228. The number of hydrogen-bond acceptors (Lipinski definition) is 6. The van der Waals surface area contributed by atoms with E-state index >= 15 is 0 Å². The number of thiophene rings is 1. The Balaban J connectivity index is 1.22. The van der Waals surface area contributed by atoms with Crippen molar-refractivity contribution in [3.8, 4) is 6.07 Å². The molecule has 202 valence electrons. The molecule has 2 amide bonds. The van der Waals surface area contributed by atoms with Crippen LogP contribution >= 0.6 is 23.1 Å². The van der Waals surface area contributed by atoms with Gasteiger partial charge < -0.3 is 10.6 Å². The molecule has 2 heterocycles. The maximum atomic E-state index is 13.2. The Morgan fingerprint density at radius 3 is 2.62 bits per heavy atom. The highest BCUT2D eigenvalue weighted by Gasteiger charge is 2.26. The number of hydrogen-bond donors (Lipinski definition) is 2. The summed E-state index contributed by atoms with van der Waals surface area (Å²) in [5, 5.41) is 16.1. The summed E-state index contributed by atoms with van der Waals surface area (Å²) in [7, 11) is 0. The summed E-state index contributed by atoms with van der Waals surface area (Å²) >= 11 is 2.92. The van der Waals surface area contributed by atoms with Crippen LogP contribution in [0.25, 0.3) is 0 Å². The van der Waals surface area contributed by atoms with E-state index in [-0.39, 0.29) is 11.8 Å². The molecule has 4 aromatic rings. The van der Waals surface area contributed by atoms with Crippen molar-refractivity contribution in [2.45, 2.75) is 43.5 Å². The maximum Gasteiger partial charge on any atom is 0.255 e. The van der Waals surface area contributed by atoms with E-state index in [1.54, 1.807) is 6.07 Å². The van der Waals surface area contributed by atoms with E-state index < -0.39 is 5.25 Å². The lowest BCUT2D eigenvalue weighted by Crippen LogP contribution is -2.29. The molecule has 0 saturated heterocycles. The van der Waals surface area contributed by atoms with Crippen LogP contribution in [0.5, 0.6) is 0 Å². The number of nitrogens with zero attached hydrogens (tertiary/aromatic N) is 2. The van der Waals surface area contributed by atoms with Crippen LogP contribution in [-0.4, -0.2) is 28.5 Å². The van der Waals surface area contributed by atoms with Crippen LogP contribution in [0.4, 0.5) is 10.7 Å². The monoisotopic (exact) mass is 566 g/mol. The molecule has 0 bridgehead atoms. The van der Waals surface area contributed by atoms with E-state index in [1.165, 1.54) is 28.7 Å². The van der Waals surface area contributed by atoms with Crippen molar-refractivity contribution in [3.63, 3.8) is 0 Å². The number of carbonyl (C=O) groups is 2. The van der Waals surface area contributed by atoms with E-state index in [4.69, 9.17) is 0 Å². The minimum absolute atomic E-state index is 0.157. The summed E-state index contributed by atoms with van der Waals surface area (Å²) in [4.78, 5) is 30.2. The fourth-order valence-electron chi connectivity index (χ4n) is 4.75. The van der Waals surface area contributed by atoms with Gasteiger partial charge in [0.25, 0.3) is 5.91 Å². The summed E-state index contributed by atoms with van der Waals surface area (Å²) in [6.07, 6.45) is 0.794. The Labute approximate surface area is 243 Å². The summed E-state index contributed by atoms with van der Waals surface area (Å²) in [6.45, 7) is 6.31. The molecule has 3 aromatic carbocycles. The van der Waals surface area contributed by atoms with Crippen molar-refractivity contribution in [3.05, 3.63) is 112 Å². The number of anilines is 2. The van der Waals surface area contributed by atoms with Crippen molar-refractivity contribution in [2.75, 3.05) is 17.2 Å². The molecule has 1 aromatic heterocycles. The van der Waals surface area contributed by atoms with Gasteiger partial charge in [0.2, 0.25) is 5.91 Å². The molecular formula is C32H30N4O2S2. The first-order valence-corrected chi connectivity index (χ1v) is 14.9. The van der Waals surface area contributed by atoms with E-state index in [0.29, 0.717) is 21.8 Å². The first-order valence-electron chi connectivity index (χ1n) is 13.2. The number of rotatable bonds is 8. The second-order valence-electron chi connectivity index (χ2n) is 9.87. The van der Waals surface area contributed by atoms with Crippen molar-refractivity contribution in [2.24, 2.45) is 0 Å². The number of benzene rings is 3. The average Bonchev–Trinajstić information content (AvgIpc) is 3.29. The van der Waals surface area contributed by atoms with Crippen LogP contribution in [0.1, 0.15) is 44.4 Å². The minimum atomic E-state index is -0.400. The van der Waals surface area contributed by atoms with Gasteiger partial charge in [-0.3, -0.25) is 14.5 Å². The molecule has 5 rings (SSSR count). The van der Waals surface area contributed by atoms with Crippen LogP contribution in [0, 0.1) is 18.3 Å². The van der Waals surface area contributed by atoms with Gasteiger partial charge in [-0.05, 0) is 61.7 Å². The minimum Gasteiger partial charge on any atom is -0.322 e. The van der Waals surface area contributed by atoms with Gasteiger partial charge >= 0.3 is 0 Å². The predicted molar refractivity (Wildman–Crippen MR) is 163 cm³/mol. The topological polar surface area (TPSA) is 85.2 Å². The van der Waals surface area contributed by atoms with Crippen LogP contribution in [0.2, 0.25) is 0 Å². The zero-order chi connectivity index (χ0) is 28.1. The normalized spacial score (nSPS) is 13.6. The lowest BCUT2D eigenvalue weighted by atomic mass is 10.0. The Bertz CT molecular complexity index is 1580. The molecule has 2 N–H and O–H groups in total. The van der Waals surface area contributed by atoms with Crippen LogP contribution < -0.4 is 10.6 Å². The lowest BCUT2D eigenvalue weighted by Gasteiger charge is -2.26. The summed E-state index contributed by atoms with van der Waals surface area (Å²) in [5.41, 5.74) is 5.20. The molecule has 1 aliphatic rings. The predicted octanol–water partition coefficient (Wildman–Crippen LogP) is 6.86. The largest absolute Gasteiger partial charge is 0.322 e. The SMILES string of the molecule is Cc1cccc(C(=O)Nc2cccc(SC(C)C(=O)Nc3sc4c(c3C#N)CCN(Cc3ccccc3)C4)c2)c1. The Morgan fingerprint density at radius 2 is 1.85 bits per heavy atom. The second kappa shape index (κ2) is 12.5. The average molecular weight is 567 g/mol. The van der Waals surface area contributed by atoms with Gasteiger partial charge in [0.05, 0.1) is 10.8 Å². The summed E-state index contributed by atoms with van der Waals surface area (Å²) in [6, 6.07) is 27.6. The first-order chi connectivity index (χ1) is 19.4. The highest BCUT2D eigenvalue weighted by atomic mass is 32.2. The Hall–Kier alpha value is -3.90. The third kappa shape index (κ3) is 6.62. The van der Waals surface area contributed by atoms with Gasteiger partial charge in [0.1, 0.15) is 11.1 Å². The second-order valence-corrected chi connectivity index (χ2v) is 12.4. The first kappa shape index (κ1) is 27.7. The Morgan fingerprint density at radius 1 is 1.05 bits per heavy atom. The van der Waals surface area contributed by atoms with E-state index in [1.807, 2.05) is 74.5 Å². The molecule has 0 spiro atoms. The highest BCUT2D eigenvalue weighted by Crippen LogP contribution is 2.37. The number of nitriles is 1. The van der Waals surface area contributed by atoms with E-state index in [9.17, 15) is 14.9 Å². The zero-order valence-corrected chi connectivity index (χ0v) is 24.1. The molecule has 0 aliphatic carbocycles. The fraction of sp³-hybridized carbons (Fsp3) is 0.219. The van der Waals surface area contributed by atoms with Crippen molar-refractivity contribution in [1.82, 2.24) is 4.90 Å². The van der Waals surface area contributed by atoms with E-state index in [2.05, 4.69) is 33.7 Å². The lowest BCUT2D eigenvalue weighted by molar-refractivity contribution is -0.115. The van der Waals surface area contributed by atoms with Crippen molar-refractivity contribution in [1.29, 1.82) is 5.26 Å². The molecule has 0 radical (unpaired) electrons. The molecule has 1 aliphatic heterocycles. The molecule has 40 heavy (non-hydrogen) atoms. The number of amides is 2. The molecule has 1 atom stereocenters. The highest BCUT2D eigenvalue weighted by molar-refractivity contribution is 8.00. The molecular weight excluding hydrogens is 537 g/mol. The summed E-state index contributed by atoms with van der Waals surface area (Å²) in [5.74, 6) is -0.333. The number of carbonyl (C=O) groups excluding carboxylic acids is 2. The van der Waals surface area contributed by atoms with Crippen molar-refractivity contribution >= 4 is 45.6 Å². The van der Waals surface area contributed by atoms with Crippen LogP contribution in [0.15, 0.2) is 83.8 Å². The number of thioether (sulfide) groups is 1. The standard InChI is InChI=1S/C32H30N4O2S2/c1-21-8-6-11-24(16-21)31(38)34-25-12-7-13-26(17-25)39-22(2)30(37)35-32-28(18-33)27-14-15-36(20-29(27)40-32)19-23-9-4-3-5-10-23/h3-13,16-17,22H,14-15,19-20H2,1-2H3,(H,34,38)(H,35,37). The molecule has 6 nitrogen and oxygen atoms in total. The molecule has 1 unspecified atom stereocenters. The van der Waals surface area contributed by atoms with Gasteiger partial charge in [0.15, 0.2) is 0 Å². The molecule has 0 fully saturated rings. The van der Waals surface area contributed by atoms with Gasteiger partial charge in [-0.1, -0.05) is 54.1 Å². The summed E-state index contributed by atoms with van der Waals surface area (Å²) < 4.78 is 0. The fourth-order valence-corrected chi connectivity index (χ4v) is 6.92. The maximum absolute atomic E-state index is 13.2. The number of aryl methyl sites for hydroxylation is 1. The van der Waals surface area contributed by atoms with Crippen LogP contribution in [-0.2, 0) is 24.3 Å².